The van der Waals surface area contributed by atoms with Crippen LogP contribution in [-0.2, 0) is 21.4 Å². The van der Waals surface area contributed by atoms with Crippen molar-refractivity contribution in [3.05, 3.63) is 109 Å². The highest BCUT2D eigenvalue weighted by Gasteiger charge is 2.22. The molecule has 4 rings (SSSR count). The van der Waals surface area contributed by atoms with Gasteiger partial charge in [0.05, 0.1) is 36.0 Å². The molecule has 0 radical (unpaired) electrons. The van der Waals surface area contributed by atoms with E-state index in [1.165, 1.54) is 6.26 Å². The molecule has 0 fully saturated rings. The van der Waals surface area contributed by atoms with Crippen LogP contribution >= 0.6 is 0 Å². The minimum atomic E-state index is -3.80. The van der Waals surface area contributed by atoms with E-state index in [1.807, 2.05) is 18.2 Å². The molecule has 0 spiro atoms. The zero-order valence-corrected chi connectivity index (χ0v) is 20.8. The minimum absolute atomic E-state index is 0.181. The van der Waals surface area contributed by atoms with Crippen LogP contribution in [0.2, 0.25) is 0 Å². The van der Waals surface area contributed by atoms with E-state index in [0.717, 1.165) is 10.6 Å². The molecule has 0 bridgehead atoms. The number of nitrogens with zero attached hydrogens (tertiary/aromatic N) is 1. The summed E-state index contributed by atoms with van der Waals surface area (Å²) in [5.74, 6) is 0.713. The molecule has 0 aliphatic rings. The van der Waals surface area contributed by atoms with E-state index in [-0.39, 0.29) is 17.8 Å². The van der Waals surface area contributed by atoms with Gasteiger partial charge in [-0.25, -0.2) is 8.42 Å². The first kappa shape index (κ1) is 25.5. The Morgan fingerprint density at radius 1 is 0.865 bits per heavy atom. The normalized spacial score (nSPS) is 10.9. The molecule has 4 aromatic rings. The van der Waals surface area contributed by atoms with Crippen LogP contribution < -0.4 is 19.7 Å². The van der Waals surface area contributed by atoms with Crippen molar-refractivity contribution in [3.63, 3.8) is 0 Å². The maximum atomic E-state index is 12.9. The van der Waals surface area contributed by atoms with E-state index >= 15 is 0 Å². The van der Waals surface area contributed by atoms with Crippen LogP contribution in [0.4, 0.5) is 11.4 Å². The second-order valence-electron chi connectivity index (χ2n) is 8.03. The molecule has 0 aliphatic heterocycles. The van der Waals surface area contributed by atoms with Crippen molar-refractivity contribution in [1.82, 2.24) is 5.32 Å². The molecule has 190 valence electrons. The van der Waals surface area contributed by atoms with E-state index < -0.39 is 28.4 Å². The first-order chi connectivity index (χ1) is 17.8. The lowest BCUT2D eigenvalue weighted by molar-refractivity contribution is -0.114. The quantitative estimate of drug-likeness (QED) is 0.321. The molecular formula is C27H25N3O6S. The lowest BCUT2D eigenvalue weighted by Crippen LogP contribution is -2.37. The number of hydrogen-bond donors (Lipinski definition) is 2. The van der Waals surface area contributed by atoms with Crippen LogP contribution in [0.5, 0.6) is 11.5 Å². The standard InChI is InChI=1S/C27H25N3O6S/c1-37(33,34)30(20-13-15-22(16-14-20)36-21-8-3-2-4-9-21)19-26(31)29-25-12-6-5-11-24(25)27(32)28-18-23-10-7-17-35-23/h2-17H,18-19H2,1H3,(H,28,32)(H,29,31). The van der Waals surface area contributed by atoms with Gasteiger partial charge in [0, 0.05) is 0 Å². The average molecular weight is 520 g/mol. The van der Waals surface area contributed by atoms with Crippen LogP contribution in [0.3, 0.4) is 0 Å². The highest BCUT2D eigenvalue weighted by atomic mass is 32.2. The van der Waals surface area contributed by atoms with E-state index in [4.69, 9.17) is 9.15 Å². The van der Waals surface area contributed by atoms with E-state index in [2.05, 4.69) is 10.6 Å². The smallest absolute Gasteiger partial charge is 0.253 e. The number of rotatable bonds is 10. The summed E-state index contributed by atoms with van der Waals surface area (Å²) in [4.78, 5) is 25.6. The molecule has 0 saturated carbocycles. The summed E-state index contributed by atoms with van der Waals surface area (Å²) in [6, 6.07) is 25.4. The number of hydrogen-bond acceptors (Lipinski definition) is 6. The second kappa shape index (κ2) is 11.4. The average Bonchev–Trinajstić information content (AvgIpc) is 3.41. The summed E-state index contributed by atoms with van der Waals surface area (Å²) >= 11 is 0. The maximum Gasteiger partial charge on any atom is 0.253 e. The highest BCUT2D eigenvalue weighted by molar-refractivity contribution is 7.92. The Labute approximate surface area is 214 Å². The van der Waals surface area contributed by atoms with Gasteiger partial charge < -0.3 is 19.8 Å². The van der Waals surface area contributed by atoms with Gasteiger partial charge >= 0.3 is 0 Å². The number of nitrogens with one attached hydrogen (secondary N) is 2. The Bertz CT molecular complexity index is 1450. The zero-order valence-electron chi connectivity index (χ0n) is 20.0. The van der Waals surface area contributed by atoms with Gasteiger partial charge in [-0.1, -0.05) is 30.3 Å². The monoisotopic (exact) mass is 519 g/mol. The van der Waals surface area contributed by atoms with Gasteiger partial charge in [0.1, 0.15) is 23.8 Å². The number of carbonyl (C=O) groups is 2. The van der Waals surface area contributed by atoms with Gasteiger partial charge in [-0.3, -0.25) is 13.9 Å². The molecule has 2 amide bonds. The fourth-order valence-electron chi connectivity index (χ4n) is 3.49. The largest absolute Gasteiger partial charge is 0.467 e. The number of anilines is 2. The van der Waals surface area contributed by atoms with E-state index in [9.17, 15) is 18.0 Å². The summed E-state index contributed by atoms with van der Waals surface area (Å²) in [7, 11) is -3.80. The van der Waals surface area contributed by atoms with Gasteiger partial charge in [0.25, 0.3) is 5.91 Å². The third-order valence-electron chi connectivity index (χ3n) is 5.24. The number of benzene rings is 3. The Hall–Kier alpha value is -4.57. The van der Waals surface area contributed by atoms with Crippen LogP contribution in [0, 0.1) is 0 Å². The predicted molar refractivity (Wildman–Crippen MR) is 140 cm³/mol. The highest BCUT2D eigenvalue weighted by Crippen LogP contribution is 2.25. The molecule has 0 aliphatic carbocycles. The first-order valence-corrected chi connectivity index (χ1v) is 13.1. The van der Waals surface area contributed by atoms with Crippen molar-refractivity contribution in [3.8, 4) is 11.5 Å². The number of amides is 2. The van der Waals surface area contributed by atoms with Gasteiger partial charge in [-0.2, -0.15) is 0 Å². The third kappa shape index (κ3) is 6.98. The SMILES string of the molecule is CS(=O)(=O)N(CC(=O)Nc1ccccc1C(=O)NCc1ccco1)c1ccc(Oc2ccccc2)cc1. The van der Waals surface area contributed by atoms with Gasteiger partial charge in [0.2, 0.25) is 15.9 Å². The molecule has 2 N–H and O–H groups in total. The first-order valence-electron chi connectivity index (χ1n) is 11.3. The lowest BCUT2D eigenvalue weighted by atomic mass is 10.1. The zero-order chi connectivity index (χ0) is 26.3. The topological polar surface area (TPSA) is 118 Å². The summed E-state index contributed by atoms with van der Waals surface area (Å²) in [5.41, 5.74) is 0.780. The van der Waals surface area contributed by atoms with Gasteiger partial charge in [-0.05, 0) is 60.7 Å². The fraction of sp³-hybridized carbons (Fsp3) is 0.111. The Morgan fingerprint density at radius 3 is 2.22 bits per heavy atom. The summed E-state index contributed by atoms with van der Waals surface area (Å²) in [6.07, 6.45) is 2.53. The molecule has 3 aromatic carbocycles. The maximum absolute atomic E-state index is 12.9. The Morgan fingerprint density at radius 2 is 1.54 bits per heavy atom. The molecule has 1 heterocycles. The summed E-state index contributed by atoms with van der Waals surface area (Å²) < 4.78 is 37.0. The van der Waals surface area contributed by atoms with Crippen molar-refractivity contribution in [1.29, 1.82) is 0 Å². The van der Waals surface area contributed by atoms with Crippen molar-refractivity contribution in [2.24, 2.45) is 0 Å². The second-order valence-corrected chi connectivity index (χ2v) is 9.94. The van der Waals surface area contributed by atoms with Gasteiger partial charge in [0.15, 0.2) is 0 Å². The number of carbonyl (C=O) groups excluding carboxylic acids is 2. The molecule has 1 aromatic heterocycles. The van der Waals surface area contributed by atoms with E-state index in [1.54, 1.807) is 72.8 Å². The molecule has 0 saturated heterocycles. The van der Waals surface area contributed by atoms with Crippen molar-refractivity contribution in [2.75, 3.05) is 22.4 Å². The van der Waals surface area contributed by atoms with Crippen molar-refractivity contribution >= 4 is 33.2 Å². The van der Waals surface area contributed by atoms with Crippen molar-refractivity contribution in [2.45, 2.75) is 6.54 Å². The van der Waals surface area contributed by atoms with Gasteiger partial charge in [-0.15, -0.1) is 0 Å². The Kier molecular flexibility index (Phi) is 7.89. The number of ether oxygens (including phenoxy) is 1. The molecule has 37 heavy (non-hydrogen) atoms. The number of furan rings is 1. The third-order valence-corrected chi connectivity index (χ3v) is 6.38. The van der Waals surface area contributed by atoms with Crippen LogP contribution in [0.1, 0.15) is 16.1 Å². The lowest BCUT2D eigenvalue weighted by Gasteiger charge is -2.22. The van der Waals surface area contributed by atoms with Crippen molar-refractivity contribution < 1.29 is 27.2 Å². The Balaban J connectivity index is 1.45. The molecular weight excluding hydrogens is 494 g/mol. The molecule has 0 atom stereocenters. The van der Waals surface area contributed by atoms with Crippen LogP contribution in [-0.4, -0.2) is 33.0 Å². The molecule has 9 nitrogen and oxygen atoms in total. The van der Waals surface area contributed by atoms with E-state index in [0.29, 0.717) is 22.9 Å². The fourth-order valence-corrected chi connectivity index (χ4v) is 4.35. The molecule has 10 heteroatoms. The molecule has 0 unspecified atom stereocenters. The predicted octanol–water partition coefficient (Wildman–Crippen LogP) is 4.41. The van der Waals surface area contributed by atoms with Crippen LogP contribution in [0.15, 0.2) is 102 Å². The number of para-hydroxylation sites is 2. The summed E-state index contributed by atoms with van der Waals surface area (Å²) in [6.45, 7) is -0.306. The minimum Gasteiger partial charge on any atom is -0.467 e. The summed E-state index contributed by atoms with van der Waals surface area (Å²) in [5, 5.41) is 5.37. The van der Waals surface area contributed by atoms with Crippen LogP contribution in [0.25, 0.3) is 0 Å². The number of sulfonamides is 1.